The summed E-state index contributed by atoms with van der Waals surface area (Å²) >= 11 is 0. The third-order valence-electron chi connectivity index (χ3n) is 3.52. The molecular formula is C18H19N2O4P. The highest BCUT2D eigenvalue weighted by atomic mass is 31.2. The average molecular weight is 358 g/mol. The standard InChI is InChI=1S/C18H19N2O4P/c1-2-22-25(21)23-13-15-7-3-5-9-17(15)19-11-12-20-18-10-6-4-8-16(18)14-24-25/h3-12H,2,13-14H2,1H3. The highest BCUT2D eigenvalue weighted by Crippen LogP contribution is 2.51. The second-order valence-electron chi connectivity index (χ2n) is 5.23. The van der Waals surface area contributed by atoms with Crippen LogP contribution in [0.25, 0.3) is 0 Å². The number of nitrogens with zero attached hydrogens (tertiary/aromatic N) is 2. The Morgan fingerprint density at radius 2 is 1.40 bits per heavy atom. The molecule has 0 bridgehead atoms. The van der Waals surface area contributed by atoms with Crippen LogP contribution in [0.2, 0.25) is 0 Å². The Labute approximate surface area is 146 Å². The Morgan fingerprint density at radius 1 is 0.920 bits per heavy atom. The predicted octanol–water partition coefficient (Wildman–Crippen LogP) is 4.98. The second kappa shape index (κ2) is 8.32. The van der Waals surface area contributed by atoms with Crippen molar-refractivity contribution >= 4 is 31.6 Å². The molecule has 0 fully saturated rings. The van der Waals surface area contributed by atoms with Crippen LogP contribution in [0.15, 0.2) is 58.5 Å². The van der Waals surface area contributed by atoms with Gasteiger partial charge in [0, 0.05) is 23.6 Å². The summed E-state index contributed by atoms with van der Waals surface area (Å²) in [5.74, 6) is 0. The second-order valence-corrected chi connectivity index (χ2v) is 6.89. The summed E-state index contributed by atoms with van der Waals surface area (Å²) in [7, 11) is -3.69. The van der Waals surface area contributed by atoms with Gasteiger partial charge in [0.25, 0.3) is 0 Å². The first-order chi connectivity index (χ1) is 12.2. The summed E-state index contributed by atoms with van der Waals surface area (Å²) < 4.78 is 29.1. The SMILES string of the molecule is CCOP1(=O)OCc2ccccc2N=CC=Nc2ccccc2CO1. The van der Waals surface area contributed by atoms with Crippen molar-refractivity contribution in [1.29, 1.82) is 0 Å². The van der Waals surface area contributed by atoms with E-state index >= 15 is 0 Å². The van der Waals surface area contributed by atoms with Crippen LogP contribution in [-0.4, -0.2) is 19.0 Å². The zero-order chi connectivity index (χ0) is 17.5. The molecule has 1 aliphatic heterocycles. The maximum atomic E-state index is 12.8. The van der Waals surface area contributed by atoms with Gasteiger partial charge < -0.3 is 0 Å². The number of rotatable bonds is 2. The molecule has 0 atom stereocenters. The van der Waals surface area contributed by atoms with E-state index in [9.17, 15) is 4.57 Å². The van der Waals surface area contributed by atoms with E-state index in [4.69, 9.17) is 13.6 Å². The third-order valence-corrected chi connectivity index (χ3v) is 4.99. The molecule has 0 N–H and O–H groups in total. The Hall–Kier alpha value is -2.11. The van der Waals surface area contributed by atoms with Gasteiger partial charge in [0.2, 0.25) is 0 Å². The number of hydrogen-bond acceptors (Lipinski definition) is 6. The lowest BCUT2D eigenvalue weighted by Gasteiger charge is -2.18. The van der Waals surface area contributed by atoms with Gasteiger partial charge in [-0.2, -0.15) is 0 Å². The number of fused-ring (bicyclic) bond motifs is 2. The van der Waals surface area contributed by atoms with Crippen LogP contribution in [0.5, 0.6) is 0 Å². The van der Waals surface area contributed by atoms with Gasteiger partial charge in [0.05, 0.1) is 31.2 Å². The molecule has 1 aliphatic rings. The van der Waals surface area contributed by atoms with Gasteiger partial charge in [-0.15, -0.1) is 0 Å². The quantitative estimate of drug-likeness (QED) is 0.710. The molecule has 0 radical (unpaired) electrons. The van der Waals surface area contributed by atoms with E-state index in [1.165, 1.54) is 0 Å². The summed E-state index contributed by atoms with van der Waals surface area (Å²) in [4.78, 5) is 8.78. The number of para-hydroxylation sites is 2. The number of hydrogen-bond donors (Lipinski definition) is 0. The summed E-state index contributed by atoms with van der Waals surface area (Å²) in [6, 6.07) is 14.9. The molecular weight excluding hydrogens is 339 g/mol. The molecule has 0 aliphatic carbocycles. The molecule has 0 unspecified atom stereocenters. The average Bonchev–Trinajstić information content (AvgIpc) is 2.64. The highest BCUT2D eigenvalue weighted by molar-refractivity contribution is 7.48. The first-order valence-electron chi connectivity index (χ1n) is 7.96. The fraction of sp³-hybridized carbons (Fsp3) is 0.222. The molecule has 0 spiro atoms. The Kier molecular flexibility index (Phi) is 5.89. The number of aliphatic imine (C=N–C) groups is 2. The molecule has 0 saturated heterocycles. The summed E-state index contributed by atoms with van der Waals surface area (Å²) in [6.45, 7) is 2.11. The minimum atomic E-state index is -3.69. The van der Waals surface area contributed by atoms with Gasteiger partial charge in [-0.05, 0) is 19.1 Å². The molecule has 1 heterocycles. The summed E-state index contributed by atoms with van der Waals surface area (Å²) in [5, 5.41) is 0. The zero-order valence-electron chi connectivity index (χ0n) is 13.9. The highest BCUT2D eigenvalue weighted by Gasteiger charge is 2.27. The Bertz CT molecular complexity index is 772. The van der Waals surface area contributed by atoms with E-state index in [0.717, 1.165) is 11.1 Å². The van der Waals surface area contributed by atoms with Gasteiger partial charge in [-0.25, -0.2) is 4.57 Å². The molecule has 6 nitrogen and oxygen atoms in total. The van der Waals surface area contributed by atoms with Crippen LogP contribution in [0, 0.1) is 0 Å². The molecule has 0 aromatic heterocycles. The molecule has 2 aromatic rings. The van der Waals surface area contributed by atoms with Gasteiger partial charge >= 0.3 is 7.82 Å². The van der Waals surface area contributed by atoms with E-state index in [2.05, 4.69) is 9.98 Å². The van der Waals surface area contributed by atoms with E-state index in [1.807, 2.05) is 48.5 Å². The minimum Gasteiger partial charge on any atom is -0.287 e. The number of phosphoric acid groups is 1. The number of benzene rings is 2. The van der Waals surface area contributed by atoms with Crippen molar-refractivity contribution in [3.63, 3.8) is 0 Å². The summed E-state index contributed by atoms with van der Waals surface area (Å²) in [5.41, 5.74) is 2.99. The predicted molar refractivity (Wildman–Crippen MR) is 98.0 cm³/mol. The van der Waals surface area contributed by atoms with Gasteiger partial charge in [-0.1, -0.05) is 36.4 Å². The lowest BCUT2D eigenvalue weighted by atomic mass is 10.2. The molecule has 0 amide bonds. The molecule has 130 valence electrons. The van der Waals surface area contributed by atoms with Crippen LogP contribution in [0.3, 0.4) is 0 Å². The van der Waals surface area contributed by atoms with Crippen molar-refractivity contribution in [2.24, 2.45) is 9.98 Å². The maximum Gasteiger partial charge on any atom is 0.475 e. The van der Waals surface area contributed by atoms with Crippen LogP contribution in [0.1, 0.15) is 18.1 Å². The van der Waals surface area contributed by atoms with Crippen LogP contribution in [0.4, 0.5) is 11.4 Å². The lowest BCUT2D eigenvalue weighted by molar-refractivity contribution is 0.107. The van der Waals surface area contributed by atoms with E-state index in [-0.39, 0.29) is 19.8 Å². The van der Waals surface area contributed by atoms with E-state index < -0.39 is 7.82 Å². The largest absolute Gasteiger partial charge is 0.475 e. The Balaban J connectivity index is 1.99. The normalized spacial score (nSPS) is 20.7. The van der Waals surface area contributed by atoms with Crippen molar-refractivity contribution in [3.05, 3.63) is 59.7 Å². The molecule has 0 saturated carbocycles. The molecule has 7 heteroatoms. The summed E-state index contributed by atoms with van der Waals surface area (Å²) in [6.07, 6.45) is 3.24. The van der Waals surface area contributed by atoms with Gasteiger partial charge in [0.15, 0.2) is 0 Å². The zero-order valence-corrected chi connectivity index (χ0v) is 14.8. The smallest absolute Gasteiger partial charge is 0.287 e. The van der Waals surface area contributed by atoms with Crippen molar-refractivity contribution in [2.45, 2.75) is 20.1 Å². The van der Waals surface area contributed by atoms with Crippen molar-refractivity contribution in [1.82, 2.24) is 0 Å². The van der Waals surface area contributed by atoms with Crippen molar-refractivity contribution in [3.8, 4) is 0 Å². The Morgan fingerprint density at radius 3 is 1.88 bits per heavy atom. The lowest BCUT2D eigenvalue weighted by Crippen LogP contribution is -2.01. The van der Waals surface area contributed by atoms with Crippen molar-refractivity contribution in [2.75, 3.05) is 6.61 Å². The first-order valence-corrected chi connectivity index (χ1v) is 9.42. The van der Waals surface area contributed by atoms with Crippen molar-refractivity contribution < 1.29 is 18.1 Å². The van der Waals surface area contributed by atoms with Crippen LogP contribution < -0.4 is 0 Å². The molecule has 25 heavy (non-hydrogen) atoms. The van der Waals surface area contributed by atoms with E-state index in [0.29, 0.717) is 11.4 Å². The van der Waals surface area contributed by atoms with Crippen LogP contribution >= 0.6 is 7.82 Å². The van der Waals surface area contributed by atoms with Gasteiger partial charge in [0.1, 0.15) is 0 Å². The third kappa shape index (κ3) is 4.71. The van der Waals surface area contributed by atoms with E-state index in [1.54, 1.807) is 19.4 Å². The monoisotopic (exact) mass is 358 g/mol. The minimum absolute atomic E-state index is 0.0730. The molecule has 3 rings (SSSR count). The van der Waals surface area contributed by atoms with Gasteiger partial charge in [-0.3, -0.25) is 23.6 Å². The topological polar surface area (TPSA) is 69.5 Å². The fourth-order valence-electron chi connectivity index (χ4n) is 2.31. The first kappa shape index (κ1) is 17.7. The maximum absolute atomic E-state index is 12.8. The van der Waals surface area contributed by atoms with Crippen LogP contribution in [-0.2, 0) is 31.4 Å². The number of phosphoric ester groups is 1. The fourth-order valence-corrected chi connectivity index (χ4v) is 3.45. The molecule has 2 aromatic carbocycles.